The Bertz CT molecular complexity index is 1210. The maximum Gasteiger partial charge on any atom is 0.316 e. The van der Waals surface area contributed by atoms with E-state index in [0.717, 1.165) is 22.6 Å². The molecule has 2 saturated heterocycles. The van der Waals surface area contributed by atoms with Crippen LogP contribution in [-0.2, 0) is 6.54 Å². The van der Waals surface area contributed by atoms with Gasteiger partial charge in [0.05, 0.1) is 11.9 Å². The number of para-hydroxylation sites is 1. The number of benzene rings is 2. The first-order valence-electron chi connectivity index (χ1n) is 13.8. The quantitative estimate of drug-likeness (QED) is 0.339. The molecule has 208 valence electrons. The number of carbonyl (C=O) groups excluding carboxylic acids is 1. The molecule has 0 saturated carbocycles. The molecule has 0 radical (unpaired) electrons. The van der Waals surface area contributed by atoms with Crippen molar-refractivity contribution in [2.45, 2.75) is 77.0 Å². The molecule has 0 spiro atoms. The van der Waals surface area contributed by atoms with E-state index in [9.17, 15) is 4.79 Å². The Morgan fingerprint density at radius 2 is 1.82 bits per heavy atom. The standard InChI is InChI=1S/C30H41N7OS/c1-20(2)28-34-33-26-16-15-23(19-36(26)28)39-24-14-10-9-11-21(24)18-31-29(38)32-27-17-25(30(3,4)5)35-37(27)22-12-7-6-8-13-22/h6-16,19-20,25-28,33-35H,17-18H2,1-5H3,(H2,31,32,38). The van der Waals surface area contributed by atoms with Gasteiger partial charge in [-0.2, -0.15) is 0 Å². The van der Waals surface area contributed by atoms with Crippen LogP contribution in [-0.4, -0.2) is 35.5 Å². The summed E-state index contributed by atoms with van der Waals surface area (Å²) in [6.45, 7) is 11.6. The van der Waals surface area contributed by atoms with Gasteiger partial charge >= 0.3 is 6.03 Å². The second-order valence-corrected chi connectivity index (χ2v) is 12.9. The number of carbonyl (C=O) groups is 1. The van der Waals surface area contributed by atoms with Crippen LogP contribution in [0, 0.1) is 11.3 Å². The van der Waals surface area contributed by atoms with E-state index < -0.39 is 0 Å². The molecule has 2 amide bonds. The van der Waals surface area contributed by atoms with E-state index in [1.165, 1.54) is 4.91 Å². The number of thioether (sulfide) groups is 1. The Hall–Kier alpha value is -2.98. The number of nitrogens with zero attached hydrogens (tertiary/aromatic N) is 2. The molecule has 2 aromatic rings. The predicted octanol–water partition coefficient (Wildman–Crippen LogP) is 4.86. The van der Waals surface area contributed by atoms with Gasteiger partial charge in [0.25, 0.3) is 0 Å². The molecule has 0 aliphatic carbocycles. The van der Waals surface area contributed by atoms with Crippen molar-refractivity contribution in [3.8, 4) is 0 Å². The number of rotatable bonds is 7. The number of anilines is 1. The molecule has 5 N–H and O–H groups in total. The third kappa shape index (κ3) is 6.44. The number of amides is 2. The largest absolute Gasteiger partial charge is 0.340 e. The van der Waals surface area contributed by atoms with Gasteiger partial charge in [-0.15, -0.1) is 0 Å². The van der Waals surface area contributed by atoms with Gasteiger partial charge in [0.2, 0.25) is 0 Å². The van der Waals surface area contributed by atoms with Crippen LogP contribution < -0.4 is 31.9 Å². The lowest BCUT2D eigenvalue weighted by molar-refractivity contribution is 0.234. The molecule has 2 aromatic carbocycles. The highest BCUT2D eigenvalue weighted by Gasteiger charge is 2.39. The lowest BCUT2D eigenvalue weighted by Crippen LogP contribution is -2.51. The van der Waals surface area contributed by atoms with Crippen molar-refractivity contribution in [1.82, 2.24) is 31.8 Å². The van der Waals surface area contributed by atoms with Crippen molar-refractivity contribution < 1.29 is 4.79 Å². The Balaban J connectivity index is 1.23. The zero-order valence-electron chi connectivity index (χ0n) is 23.4. The van der Waals surface area contributed by atoms with Crippen molar-refractivity contribution in [2.75, 3.05) is 5.01 Å². The SMILES string of the molecule is CC(C)C1NNC2C=CC(Sc3ccccc3CNC(=O)NC3CC(C(C)(C)C)NN3c3ccccc3)=CN21. The third-order valence-electron chi connectivity index (χ3n) is 7.45. The average Bonchev–Trinajstić information content (AvgIpc) is 3.53. The highest BCUT2D eigenvalue weighted by Crippen LogP contribution is 2.35. The van der Waals surface area contributed by atoms with Gasteiger partial charge in [0.15, 0.2) is 0 Å². The minimum Gasteiger partial charge on any atom is -0.340 e. The number of hydrogen-bond donors (Lipinski definition) is 5. The minimum absolute atomic E-state index is 0.0642. The number of nitrogens with one attached hydrogen (secondary N) is 5. The molecule has 3 heterocycles. The first-order chi connectivity index (χ1) is 18.7. The highest BCUT2D eigenvalue weighted by atomic mass is 32.2. The van der Waals surface area contributed by atoms with Gasteiger partial charge in [-0.1, -0.05) is 82.8 Å². The predicted molar refractivity (Wildman–Crippen MR) is 159 cm³/mol. The normalized spacial score (nSPS) is 24.6. The maximum absolute atomic E-state index is 13.1. The fourth-order valence-electron chi connectivity index (χ4n) is 5.16. The van der Waals surface area contributed by atoms with Crippen LogP contribution in [0.15, 0.2) is 82.7 Å². The summed E-state index contributed by atoms with van der Waals surface area (Å²) in [5.41, 5.74) is 12.5. The van der Waals surface area contributed by atoms with E-state index >= 15 is 0 Å². The molecule has 3 aliphatic rings. The van der Waals surface area contributed by atoms with E-state index in [1.807, 2.05) is 30.3 Å². The van der Waals surface area contributed by atoms with Crippen LogP contribution in [0.4, 0.5) is 10.5 Å². The molecule has 0 aromatic heterocycles. The fraction of sp³-hybridized carbons (Fsp3) is 0.433. The van der Waals surface area contributed by atoms with E-state index in [2.05, 4.69) is 114 Å². The van der Waals surface area contributed by atoms with Crippen molar-refractivity contribution in [3.63, 3.8) is 0 Å². The molecule has 5 rings (SSSR count). The van der Waals surface area contributed by atoms with E-state index in [0.29, 0.717) is 12.5 Å². The summed E-state index contributed by atoms with van der Waals surface area (Å²) >= 11 is 1.73. The van der Waals surface area contributed by atoms with Gasteiger partial charge in [-0.05, 0) is 47.2 Å². The summed E-state index contributed by atoms with van der Waals surface area (Å²) in [6, 6.07) is 18.5. The van der Waals surface area contributed by atoms with Crippen LogP contribution in [0.2, 0.25) is 0 Å². The second-order valence-electron chi connectivity index (χ2n) is 11.8. The summed E-state index contributed by atoms with van der Waals surface area (Å²) in [4.78, 5) is 17.7. The molecule has 4 unspecified atom stereocenters. The van der Waals surface area contributed by atoms with Crippen molar-refractivity contribution >= 4 is 23.5 Å². The van der Waals surface area contributed by atoms with E-state index in [-0.39, 0.29) is 36.0 Å². The molecule has 2 fully saturated rings. The molecule has 8 nitrogen and oxygen atoms in total. The highest BCUT2D eigenvalue weighted by molar-refractivity contribution is 8.03. The van der Waals surface area contributed by atoms with Crippen LogP contribution in [0.1, 0.15) is 46.6 Å². The molecule has 4 atom stereocenters. The second kappa shape index (κ2) is 11.6. The number of allylic oxidation sites excluding steroid dienone is 1. The maximum atomic E-state index is 13.1. The Morgan fingerprint density at radius 1 is 1.08 bits per heavy atom. The zero-order chi connectivity index (χ0) is 27.6. The average molecular weight is 548 g/mol. The number of urea groups is 1. The van der Waals surface area contributed by atoms with Crippen LogP contribution in [0.5, 0.6) is 0 Å². The summed E-state index contributed by atoms with van der Waals surface area (Å²) < 4.78 is 0. The van der Waals surface area contributed by atoms with Gasteiger partial charge in [0.1, 0.15) is 12.3 Å². The van der Waals surface area contributed by atoms with E-state index in [4.69, 9.17) is 0 Å². The number of fused-ring (bicyclic) bond motifs is 1. The smallest absolute Gasteiger partial charge is 0.316 e. The molecule has 3 aliphatic heterocycles. The summed E-state index contributed by atoms with van der Waals surface area (Å²) in [6.07, 6.45) is 7.65. The van der Waals surface area contributed by atoms with Gasteiger partial charge in [0, 0.05) is 35.0 Å². The van der Waals surface area contributed by atoms with E-state index in [1.54, 1.807) is 11.8 Å². The van der Waals surface area contributed by atoms with Crippen LogP contribution >= 0.6 is 11.8 Å². The van der Waals surface area contributed by atoms with Gasteiger partial charge in [-0.3, -0.25) is 5.01 Å². The molecule has 39 heavy (non-hydrogen) atoms. The Morgan fingerprint density at radius 3 is 2.56 bits per heavy atom. The number of hydrogen-bond acceptors (Lipinski definition) is 7. The first-order valence-corrected chi connectivity index (χ1v) is 14.6. The monoisotopic (exact) mass is 547 g/mol. The number of hydrazine groups is 2. The zero-order valence-corrected chi connectivity index (χ0v) is 24.3. The summed E-state index contributed by atoms with van der Waals surface area (Å²) in [5.74, 6) is 0.470. The molecule has 0 bridgehead atoms. The van der Waals surface area contributed by atoms with Crippen molar-refractivity contribution in [2.24, 2.45) is 11.3 Å². The van der Waals surface area contributed by atoms with Crippen LogP contribution in [0.3, 0.4) is 0 Å². The van der Waals surface area contributed by atoms with Gasteiger partial charge < -0.3 is 15.5 Å². The molecular weight excluding hydrogens is 506 g/mol. The lowest BCUT2D eigenvalue weighted by Gasteiger charge is -2.30. The topological polar surface area (TPSA) is 83.7 Å². The first kappa shape index (κ1) is 27.6. The van der Waals surface area contributed by atoms with Gasteiger partial charge in [-0.25, -0.2) is 21.1 Å². The fourth-order valence-corrected chi connectivity index (χ4v) is 6.15. The van der Waals surface area contributed by atoms with Crippen molar-refractivity contribution in [1.29, 1.82) is 0 Å². The molecule has 9 heteroatoms. The minimum atomic E-state index is -0.175. The van der Waals surface area contributed by atoms with Crippen molar-refractivity contribution in [3.05, 3.63) is 83.4 Å². The summed E-state index contributed by atoms with van der Waals surface area (Å²) in [5, 5.41) is 8.39. The lowest BCUT2D eigenvalue weighted by atomic mass is 9.85. The Kier molecular flexibility index (Phi) is 8.23. The third-order valence-corrected chi connectivity index (χ3v) is 8.55. The Labute approximate surface area is 236 Å². The molecular formula is C30H41N7OS. The van der Waals surface area contributed by atoms with Crippen LogP contribution in [0.25, 0.3) is 0 Å². The summed E-state index contributed by atoms with van der Waals surface area (Å²) in [7, 11) is 0.